The number of ether oxygens (including phenoxy) is 3. The van der Waals surface area contributed by atoms with Crippen LogP contribution >= 0.6 is 0 Å². The normalized spacial score (nSPS) is 21.5. The van der Waals surface area contributed by atoms with Crippen LogP contribution in [0.2, 0.25) is 0 Å². The molecule has 6 bridgehead atoms. The number of hydrogen-bond donors (Lipinski definition) is 2. The molecular formula is C51H67N9O9. The van der Waals surface area contributed by atoms with Gasteiger partial charge in [-0.05, 0) is 93.8 Å². The van der Waals surface area contributed by atoms with E-state index < -0.39 is 46.9 Å². The highest BCUT2D eigenvalue weighted by molar-refractivity contribution is 5.95. The van der Waals surface area contributed by atoms with E-state index in [0.29, 0.717) is 64.0 Å². The van der Waals surface area contributed by atoms with Crippen LogP contribution in [0.4, 0.5) is 4.79 Å². The molecule has 3 aromatic heterocycles. The van der Waals surface area contributed by atoms with Crippen LogP contribution in [0.1, 0.15) is 90.5 Å². The molecule has 370 valence electrons. The first kappa shape index (κ1) is 49.3. The molecule has 0 aliphatic carbocycles. The summed E-state index contributed by atoms with van der Waals surface area (Å²) in [5.74, 6) is -1.34. The van der Waals surface area contributed by atoms with Crippen LogP contribution in [-0.2, 0) is 52.8 Å². The first-order valence-corrected chi connectivity index (χ1v) is 24.2. The maximum atomic E-state index is 14.7. The molecule has 1 aromatic carbocycles. The average molecular weight is 950 g/mol. The second kappa shape index (κ2) is 20.1. The van der Waals surface area contributed by atoms with Crippen molar-refractivity contribution >= 4 is 40.6 Å². The molecule has 2 N–H and O–H groups in total. The van der Waals surface area contributed by atoms with Crippen molar-refractivity contribution in [2.24, 2.45) is 11.3 Å². The van der Waals surface area contributed by atoms with Crippen molar-refractivity contribution in [1.82, 2.24) is 45.0 Å². The molecule has 4 aliphatic heterocycles. The number of piperidine rings is 1. The van der Waals surface area contributed by atoms with E-state index in [2.05, 4.69) is 65.8 Å². The van der Waals surface area contributed by atoms with Crippen molar-refractivity contribution in [3.05, 3.63) is 72.5 Å². The van der Waals surface area contributed by atoms with Crippen molar-refractivity contribution in [3.63, 3.8) is 0 Å². The number of pyridine rings is 1. The molecule has 8 rings (SSSR count). The van der Waals surface area contributed by atoms with Crippen LogP contribution in [-0.4, -0.2) is 141 Å². The van der Waals surface area contributed by atoms with Crippen molar-refractivity contribution < 1.29 is 42.6 Å². The van der Waals surface area contributed by atoms with Gasteiger partial charge in [-0.15, -0.1) is 0 Å². The van der Waals surface area contributed by atoms with Gasteiger partial charge in [-0.3, -0.25) is 29.2 Å². The predicted octanol–water partition coefficient (Wildman–Crippen LogP) is 5.65. The van der Waals surface area contributed by atoms with E-state index in [-0.39, 0.29) is 56.2 Å². The van der Waals surface area contributed by atoms with Gasteiger partial charge in [0.05, 0.1) is 48.9 Å². The lowest BCUT2D eigenvalue weighted by molar-refractivity contribution is -0.155. The lowest BCUT2D eigenvalue weighted by atomic mass is 9.84. The second-order valence-corrected chi connectivity index (χ2v) is 20.0. The quantitative estimate of drug-likeness (QED) is 0.155. The molecule has 0 radical (unpaired) electrons. The van der Waals surface area contributed by atoms with E-state index in [0.717, 1.165) is 39.0 Å². The van der Waals surface area contributed by atoms with Gasteiger partial charge in [0.15, 0.2) is 11.7 Å². The third kappa shape index (κ3) is 10.0. The van der Waals surface area contributed by atoms with E-state index in [9.17, 15) is 24.0 Å². The summed E-state index contributed by atoms with van der Waals surface area (Å²) in [6, 6.07) is 6.87. The average Bonchev–Trinajstić information content (AvgIpc) is 4.07. The molecule has 7 heterocycles. The topological polar surface area (TPSA) is 194 Å². The highest BCUT2D eigenvalue weighted by Crippen LogP contribution is 2.42. The number of carbonyl (C=O) groups excluding carboxylic acids is 5. The number of carbonyl (C=O) groups is 5. The molecule has 3 fully saturated rings. The Balaban J connectivity index is 1.11. The number of aryl methyl sites for hydroxylation is 1. The summed E-state index contributed by atoms with van der Waals surface area (Å²) < 4.78 is 26.7. The number of hydrazine groups is 1. The first-order chi connectivity index (χ1) is 33.0. The summed E-state index contributed by atoms with van der Waals surface area (Å²) in [6.07, 6.45) is 6.85. The highest BCUT2D eigenvalue weighted by Gasteiger charge is 2.45. The molecule has 4 aliphatic rings. The number of benzene rings is 1. The molecule has 18 nitrogen and oxygen atoms in total. The summed E-state index contributed by atoms with van der Waals surface area (Å²) >= 11 is 0. The maximum Gasteiger partial charge on any atom is 0.324 e. The molecule has 4 atom stereocenters. The first-order valence-electron chi connectivity index (χ1n) is 24.2. The number of likely N-dealkylation sites (N-methyl/N-ethyl adjacent to an activating group) is 1. The van der Waals surface area contributed by atoms with E-state index in [1.54, 1.807) is 36.4 Å². The van der Waals surface area contributed by atoms with Gasteiger partial charge in [-0.1, -0.05) is 34.3 Å². The number of oxazole rings is 1. The zero-order chi connectivity index (χ0) is 49.4. The zero-order valence-electron chi connectivity index (χ0n) is 41.2. The van der Waals surface area contributed by atoms with Gasteiger partial charge >= 0.3 is 12.0 Å². The van der Waals surface area contributed by atoms with Gasteiger partial charge < -0.3 is 43.2 Å². The van der Waals surface area contributed by atoms with Crippen LogP contribution in [0.3, 0.4) is 0 Å². The second-order valence-electron chi connectivity index (χ2n) is 20.0. The van der Waals surface area contributed by atoms with Crippen molar-refractivity contribution in [1.29, 1.82) is 0 Å². The number of aromatic nitrogens is 3. The summed E-state index contributed by atoms with van der Waals surface area (Å²) in [6.45, 7) is 17.9. The number of methoxy groups -OCH3 is 1. The Morgan fingerprint density at radius 1 is 1.09 bits per heavy atom. The van der Waals surface area contributed by atoms with Crippen molar-refractivity contribution in [2.75, 3.05) is 53.7 Å². The van der Waals surface area contributed by atoms with E-state index in [1.807, 2.05) is 32.9 Å². The van der Waals surface area contributed by atoms with E-state index in [1.165, 1.54) is 16.0 Å². The van der Waals surface area contributed by atoms with Crippen LogP contribution < -0.4 is 10.7 Å². The summed E-state index contributed by atoms with van der Waals surface area (Å²) in [7, 11) is 3.27. The Bertz CT molecular complexity index is 2590. The van der Waals surface area contributed by atoms with Crippen LogP contribution in [0.25, 0.3) is 33.5 Å². The van der Waals surface area contributed by atoms with Gasteiger partial charge in [0.1, 0.15) is 24.9 Å². The number of nitrogens with zero attached hydrogens (tertiary/aromatic N) is 7. The molecule has 4 aromatic rings. The SMILES string of the molecule is C=CC(=O)N1COC2(CCN(C(=O)N(C)[C@H](C(=O)N[C@H]3Cc4ncc(o4)-c4ccc5c(c4)c(c(-c4cccnc4[C@H](C)OC)n5CC)CC(C)(C)COC(=O)[C@@H]4CCCN(N4)C3=O)C(C)C)CC2)C1. The molecule has 0 saturated carbocycles. The minimum atomic E-state index is -1.19. The third-order valence-electron chi connectivity index (χ3n) is 14.2. The Morgan fingerprint density at radius 3 is 2.57 bits per heavy atom. The minimum Gasteiger partial charge on any atom is -0.464 e. The molecule has 1 spiro atoms. The Hall–Kier alpha value is -6.11. The number of fused-ring (bicyclic) bond motifs is 6. The fourth-order valence-electron chi connectivity index (χ4n) is 10.4. The standard InChI is InChI=1S/C51H67N9O9/c1-10-42(61)58-28-51(68-30-58)18-22-57(23-19-51)49(65)56(8)44(31(3)4)46(62)54-38-25-41-53-27-40(69-41)33-16-17-39-35(24-33)36(45(59(39)11-2)34-14-12-20-52-43(34)32(5)66-9)26-50(6,7)29-67-48(64)37-15-13-21-60(55-37)47(38)63/h10,12,14,16-17,20,24,27,31-32,37-38,44,55H,1,11,13,15,18-19,21-23,25-26,28-30H2,2-9H3,(H,54,62)/t32-,37-,38-,44-/m0/s1. The number of likely N-dealkylation sites (tertiary alicyclic amines) is 1. The number of rotatable bonds is 9. The number of amides is 5. The lowest BCUT2D eigenvalue weighted by Gasteiger charge is -2.41. The van der Waals surface area contributed by atoms with Crippen molar-refractivity contribution in [3.8, 4) is 22.6 Å². The Labute approximate surface area is 403 Å². The molecule has 69 heavy (non-hydrogen) atoms. The van der Waals surface area contributed by atoms with Gasteiger partial charge in [0.2, 0.25) is 11.8 Å². The van der Waals surface area contributed by atoms with Crippen LogP contribution in [0, 0.1) is 11.3 Å². The number of esters is 1. The van der Waals surface area contributed by atoms with E-state index in [4.69, 9.17) is 23.6 Å². The number of urea groups is 1. The monoisotopic (exact) mass is 950 g/mol. The van der Waals surface area contributed by atoms with Gasteiger partial charge in [-0.2, -0.15) is 0 Å². The number of nitrogens with one attached hydrogen (secondary N) is 2. The summed E-state index contributed by atoms with van der Waals surface area (Å²) in [5, 5.41) is 5.35. The summed E-state index contributed by atoms with van der Waals surface area (Å²) in [5.41, 5.74) is 7.65. The van der Waals surface area contributed by atoms with Gasteiger partial charge in [-0.25, -0.2) is 15.2 Å². The van der Waals surface area contributed by atoms with Crippen molar-refractivity contribution in [2.45, 2.75) is 116 Å². The molecular weight excluding hydrogens is 883 g/mol. The maximum absolute atomic E-state index is 14.7. The van der Waals surface area contributed by atoms with E-state index >= 15 is 0 Å². The highest BCUT2D eigenvalue weighted by atomic mass is 16.5. The predicted molar refractivity (Wildman–Crippen MR) is 257 cm³/mol. The fourth-order valence-corrected chi connectivity index (χ4v) is 10.4. The zero-order valence-corrected chi connectivity index (χ0v) is 41.2. The third-order valence-corrected chi connectivity index (χ3v) is 14.2. The number of hydrogen-bond acceptors (Lipinski definition) is 12. The molecule has 5 amide bonds. The molecule has 18 heteroatoms. The van der Waals surface area contributed by atoms with Gasteiger partial charge in [0, 0.05) is 74.0 Å². The summed E-state index contributed by atoms with van der Waals surface area (Å²) in [4.78, 5) is 83.7. The minimum absolute atomic E-state index is 0.110. The van der Waals surface area contributed by atoms with Crippen LogP contribution in [0.15, 0.2) is 59.8 Å². The number of cyclic esters (lactones) is 1. The molecule has 3 saturated heterocycles. The van der Waals surface area contributed by atoms with Crippen LogP contribution in [0.5, 0.6) is 0 Å². The smallest absolute Gasteiger partial charge is 0.324 e. The fraction of sp³-hybridized carbons (Fsp3) is 0.549. The lowest BCUT2D eigenvalue weighted by Crippen LogP contribution is -2.62. The Morgan fingerprint density at radius 2 is 1.86 bits per heavy atom. The largest absolute Gasteiger partial charge is 0.464 e. The molecule has 0 unspecified atom stereocenters. The van der Waals surface area contributed by atoms with Gasteiger partial charge in [0.25, 0.3) is 5.91 Å². The Kier molecular flexibility index (Phi) is 14.4.